The van der Waals surface area contributed by atoms with Crippen molar-refractivity contribution in [3.63, 3.8) is 0 Å². The smallest absolute Gasteiger partial charge is 0.167 e. The first-order valence-electron chi connectivity index (χ1n) is 7.54. The topological polar surface area (TPSA) is 67.6 Å². The molecule has 0 saturated heterocycles. The van der Waals surface area contributed by atoms with Crippen LogP contribution < -0.4 is 5.73 Å². The van der Waals surface area contributed by atoms with Crippen molar-refractivity contribution in [2.24, 2.45) is 5.73 Å². The lowest BCUT2D eigenvalue weighted by Crippen LogP contribution is -2.15. The van der Waals surface area contributed by atoms with E-state index in [0.29, 0.717) is 5.92 Å². The third-order valence-corrected chi connectivity index (χ3v) is 4.14. The van der Waals surface area contributed by atoms with Gasteiger partial charge in [-0.2, -0.15) is 5.10 Å². The molecule has 2 aromatic rings. The van der Waals surface area contributed by atoms with Crippen LogP contribution in [0.15, 0.2) is 30.3 Å². The third kappa shape index (κ3) is 3.07. The number of nitrogens with two attached hydrogens (primary N) is 1. The molecule has 0 spiro atoms. The Hall–Kier alpha value is -1.68. The largest absolute Gasteiger partial charge is 0.321 e. The molecule has 4 nitrogen and oxygen atoms in total. The highest BCUT2D eigenvalue weighted by Crippen LogP contribution is 2.30. The predicted octanol–water partition coefficient (Wildman–Crippen LogP) is 3.09. The van der Waals surface area contributed by atoms with Gasteiger partial charge in [0.05, 0.1) is 6.04 Å². The van der Waals surface area contributed by atoms with Gasteiger partial charge < -0.3 is 5.73 Å². The van der Waals surface area contributed by atoms with Crippen LogP contribution in [0.5, 0.6) is 0 Å². The van der Waals surface area contributed by atoms with E-state index in [4.69, 9.17) is 5.73 Å². The lowest BCUT2D eigenvalue weighted by atomic mass is 9.89. The molecule has 3 rings (SSSR count). The minimum absolute atomic E-state index is 0.133. The highest BCUT2D eigenvalue weighted by atomic mass is 15.2. The van der Waals surface area contributed by atoms with Crippen LogP contribution in [-0.2, 0) is 6.42 Å². The van der Waals surface area contributed by atoms with E-state index in [0.717, 1.165) is 18.1 Å². The van der Waals surface area contributed by atoms with Crippen molar-refractivity contribution in [3.05, 3.63) is 47.5 Å². The number of hydrogen-bond donors (Lipinski definition) is 2. The Morgan fingerprint density at radius 1 is 1.15 bits per heavy atom. The Balaban J connectivity index is 1.66. The summed E-state index contributed by atoms with van der Waals surface area (Å²) in [7, 11) is 0. The fourth-order valence-corrected chi connectivity index (χ4v) is 2.97. The Morgan fingerprint density at radius 2 is 1.90 bits per heavy atom. The van der Waals surface area contributed by atoms with Gasteiger partial charge >= 0.3 is 0 Å². The van der Waals surface area contributed by atoms with Gasteiger partial charge in [-0.15, -0.1) is 0 Å². The molecule has 0 amide bonds. The van der Waals surface area contributed by atoms with Crippen molar-refractivity contribution in [1.29, 1.82) is 0 Å². The van der Waals surface area contributed by atoms with E-state index in [2.05, 4.69) is 27.3 Å². The summed E-state index contributed by atoms with van der Waals surface area (Å²) in [6, 6.07) is 10.1. The van der Waals surface area contributed by atoms with Gasteiger partial charge in [-0.1, -0.05) is 49.6 Å². The van der Waals surface area contributed by atoms with Gasteiger partial charge in [-0.25, -0.2) is 4.98 Å². The molecule has 20 heavy (non-hydrogen) atoms. The maximum atomic E-state index is 6.22. The maximum Gasteiger partial charge on any atom is 0.167 e. The zero-order valence-electron chi connectivity index (χ0n) is 11.8. The minimum atomic E-state index is -0.133. The number of aromatic nitrogens is 3. The predicted molar refractivity (Wildman–Crippen MR) is 79.3 cm³/mol. The number of nitrogens with one attached hydrogen (secondary N) is 1. The van der Waals surface area contributed by atoms with Crippen LogP contribution >= 0.6 is 0 Å². The molecule has 1 heterocycles. The minimum Gasteiger partial charge on any atom is -0.321 e. The van der Waals surface area contributed by atoms with Crippen molar-refractivity contribution < 1.29 is 0 Å². The first-order valence-corrected chi connectivity index (χ1v) is 7.54. The van der Waals surface area contributed by atoms with Crippen molar-refractivity contribution >= 4 is 0 Å². The zero-order chi connectivity index (χ0) is 13.8. The van der Waals surface area contributed by atoms with Gasteiger partial charge in [-0.05, 0) is 24.8 Å². The number of H-pyrrole nitrogens is 1. The van der Waals surface area contributed by atoms with Crippen molar-refractivity contribution in [2.75, 3.05) is 0 Å². The molecular weight excluding hydrogens is 248 g/mol. The Morgan fingerprint density at radius 3 is 2.65 bits per heavy atom. The van der Waals surface area contributed by atoms with Crippen LogP contribution in [0.2, 0.25) is 0 Å². The summed E-state index contributed by atoms with van der Waals surface area (Å²) >= 11 is 0. The van der Waals surface area contributed by atoms with Gasteiger partial charge in [0.1, 0.15) is 5.82 Å². The van der Waals surface area contributed by atoms with Crippen LogP contribution in [0.1, 0.15) is 61.3 Å². The molecule has 1 fully saturated rings. The SMILES string of the molecule is NC(Cc1ccccc1)c1n[nH]c(C2CCCCC2)n1. The molecular formula is C16H22N4. The second kappa shape index (κ2) is 6.18. The second-order valence-electron chi connectivity index (χ2n) is 5.71. The number of nitrogens with zero attached hydrogens (tertiary/aromatic N) is 2. The van der Waals surface area contributed by atoms with Crippen molar-refractivity contribution in [2.45, 2.75) is 50.5 Å². The molecule has 1 aliphatic carbocycles. The summed E-state index contributed by atoms with van der Waals surface area (Å²) in [4.78, 5) is 4.64. The molecule has 0 aliphatic heterocycles. The van der Waals surface area contributed by atoms with Crippen LogP contribution in [0.25, 0.3) is 0 Å². The molecule has 106 valence electrons. The molecule has 0 radical (unpaired) electrons. The normalized spacial score (nSPS) is 18.1. The molecule has 1 saturated carbocycles. The quantitative estimate of drug-likeness (QED) is 0.897. The van der Waals surface area contributed by atoms with E-state index >= 15 is 0 Å². The maximum absolute atomic E-state index is 6.22. The van der Waals surface area contributed by atoms with Crippen molar-refractivity contribution in [3.8, 4) is 0 Å². The number of benzene rings is 1. The van der Waals surface area contributed by atoms with E-state index in [1.807, 2.05) is 18.2 Å². The molecule has 4 heteroatoms. The van der Waals surface area contributed by atoms with Gasteiger partial charge in [0.15, 0.2) is 5.82 Å². The van der Waals surface area contributed by atoms with Gasteiger partial charge in [0.25, 0.3) is 0 Å². The first kappa shape index (κ1) is 13.3. The van der Waals surface area contributed by atoms with E-state index < -0.39 is 0 Å². The van der Waals surface area contributed by atoms with Gasteiger partial charge in [-0.3, -0.25) is 5.10 Å². The van der Waals surface area contributed by atoms with Crippen molar-refractivity contribution in [1.82, 2.24) is 15.2 Å². The highest BCUT2D eigenvalue weighted by Gasteiger charge is 2.20. The summed E-state index contributed by atoms with van der Waals surface area (Å²) in [5.41, 5.74) is 7.45. The zero-order valence-corrected chi connectivity index (χ0v) is 11.8. The molecule has 1 atom stereocenters. The average Bonchev–Trinajstić information content (AvgIpc) is 2.99. The summed E-state index contributed by atoms with van der Waals surface area (Å²) in [6.07, 6.45) is 7.19. The fraction of sp³-hybridized carbons (Fsp3) is 0.500. The average molecular weight is 270 g/mol. The molecule has 1 aliphatic rings. The molecule has 3 N–H and O–H groups in total. The van der Waals surface area contributed by atoms with Crippen LogP contribution in [-0.4, -0.2) is 15.2 Å². The van der Waals surface area contributed by atoms with E-state index in [9.17, 15) is 0 Å². The standard InChI is InChI=1S/C16H22N4/c17-14(11-12-7-3-1-4-8-12)16-18-15(19-20-16)13-9-5-2-6-10-13/h1,3-4,7-8,13-14H,2,5-6,9-11,17H2,(H,18,19,20). The van der Waals surface area contributed by atoms with Crippen LogP contribution in [0.4, 0.5) is 0 Å². The van der Waals surface area contributed by atoms with E-state index in [1.165, 1.54) is 37.7 Å². The van der Waals surface area contributed by atoms with Gasteiger partial charge in [0, 0.05) is 5.92 Å². The summed E-state index contributed by atoms with van der Waals surface area (Å²) < 4.78 is 0. The lowest BCUT2D eigenvalue weighted by Gasteiger charge is -2.18. The molecule has 1 aromatic heterocycles. The fourth-order valence-electron chi connectivity index (χ4n) is 2.97. The van der Waals surface area contributed by atoms with E-state index in [1.54, 1.807) is 0 Å². The van der Waals surface area contributed by atoms with E-state index in [-0.39, 0.29) is 6.04 Å². The number of rotatable bonds is 4. The second-order valence-corrected chi connectivity index (χ2v) is 5.71. The molecule has 1 unspecified atom stereocenters. The molecule has 1 aromatic carbocycles. The van der Waals surface area contributed by atoms with Gasteiger partial charge in [0.2, 0.25) is 0 Å². The Bertz CT molecular complexity index is 528. The highest BCUT2D eigenvalue weighted by molar-refractivity contribution is 5.17. The Kier molecular flexibility index (Phi) is 4.11. The summed E-state index contributed by atoms with van der Waals surface area (Å²) in [5, 5.41) is 7.43. The first-order chi connectivity index (χ1) is 9.83. The monoisotopic (exact) mass is 270 g/mol. The summed E-state index contributed by atoms with van der Waals surface area (Å²) in [5.74, 6) is 2.33. The Labute approximate surface area is 119 Å². The van der Waals surface area contributed by atoms with Crippen LogP contribution in [0, 0.1) is 0 Å². The molecule has 0 bridgehead atoms. The number of aromatic amines is 1. The lowest BCUT2D eigenvalue weighted by molar-refractivity contribution is 0.429. The summed E-state index contributed by atoms with van der Waals surface area (Å²) in [6.45, 7) is 0. The van der Waals surface area contributed by atoms with Crippen LogP contribution in [0.3, 0.4) is 0 Å². The number of hydrogen-bond acceptors (Lipinski definition) is 3. The third-order valence-electron chi connectivity index (χ3n) is 4.14.